The van der Waals surface area contributed by atoms with Crippen LogP contribution in [0.4, 0.5) is 0 Å². The van der Waals surface area contributed by atoms with E-state index in [4.69, 9.17) is 5.73 Å². The van der Waals surface area contributed by atoms with Crippen LogP contribution in [0.2, 0.25) is 0 Å². The minimum Gasteiger partial charge on any atom is -0.354 e. The lowest BCUT2D eigenvalue weighted by molar-refractivity contribution is -0.125. The Labute approximate surface area is 134 Å². The second-order valence-corrected chi connectivity index (χ2v) is 6.24. The lowest BCUT2D eigenvalue weighted by Gasteiger charge is -2.35. The van der Waals surface area contributed by atoms with Crippen LogP contribution in [0.3, 0.4) is 0 Å². The molecule has 0 atom stereocenters. The van der Waals surface area contributed by atoms with Gasteiger partial charge in [0.15, 0.2) is 0 Å². The predicted octanol–water partition coefficient (Wildman–Crippen LogP) is 1.60. The molecule has 0 radical (unpaired) electrons. The van der Waals surface area contributed by atoms with Gasteiger partial charge in [0.05, 0.1) is 0 Å². The highest BCUT2D eigenvalue weighted by Gasteiger charge is 2.32. The fourth-order valence-electron chi connectivity index (χ4n) is 2.75. The molecule has 1 fully saturated rings. The molecule has 1 aliphatic rings. The van der Waals surface area contributed by atoms with Gasteiger partial charge in [0.25, 0.3) is 0 Å². The monoisotopic (exact) mass is 319 g/mol. The van der Waals surface area contributed by atoms with Gasteiger partial charge in [-0.25, -0.2) is 0 Å². The van der Waals surface area contributed by atoms with Gasteiger partial charge in [0.1, 0.15) is 0 Å². The summed E-state index contributed by atoms with van der Waals surface area (Å²) in [6.45, 7) is 5.25. The van der Waals surface area contributed by atoms with Crippen LogP contribution >= 0.6 is 12.4 Å². The first-order valence-electron chi connectivity index (χ1n) is 7.73. The van der Waals surface area contributed by atoms with Crippen LogP contribution in [0, 0.1) is 11.3 Å². The normalized spacial score (nSPS) is 17.0. The molecule has 0 unspecified atom stereocenters. The number of nitrogens with one attached hydrogen (secondary N) is 2. The number of amides is 2. The van der Waals surface area contributed by atoms with E-state index in [1.807, 2.05) is 13.8 Å². The van der Waals surface area contributed by atoms with E-state index < -0.39 is 0 Å². The molecule has 0 aromatic rings. The Morgan fingerprint density at radius 1 is 1.10 bits per heavy atom. The topological polar surface area (TPSA) is 84.2 Å². The molecule has 1 rings (SSSR count). The van der Waals surface area contributed by atoms with Crippen LogP contribution in [0.5, 0.6) is 0 Å². The maximum absolute atomic E-state index is 12.0. The van der Waals surface area contributed by atoms with E-state index in [9.17, 15) is 9.59 Å². The van der Waals surface area contributed by atoms with E-state index in [1.54, 1.807) is 0 Å². The first-order chi connectivity index (χ1) is 9.49. The number of carbonyl (C=O) groups is 2. The third kappa shape index (κ3) is 7.14. The molecule has 0 spiro atoms. The van der Waals surface area contributed by atoms with Crippen LogP contribution in [-0.2, 0) is 9.59 Å². The van der Waals surface area contributed by atoms with Crippen LogP contribution in [0.1, 0.15) is 52.4 Å². The fraction of sp³-hybridized carbons (Fsp3) is 0.867. The Balaban J connectivity index is 0.00000400. The van der Waals surface area contributed by atoms with E-state index in [-0.39, 0.29) is 35.6 Å². The van der Waals surface area contributed by atoms with Crippen LogP contribution in [-0.4, -0.2) is 31.4 Å². The third-order valence-electron chi connectivity index (χ3n) is 4.15. The van der Waals surface area contributed by atoms with Gasteiger partial charge in [-0.05, 0) is 24.8 Å². The fourth-order valence-corrected chi connectivity index (χ4v) is 2.75. The Kier molecular flexibility index (Phi) is 9.62. The largest absolute Gasteiger partial charge is 0.354 e. The molecule has 5 nitrogen and oxygen atoms in total. The predicted molar refractivity (Wildman–Crippen MR) is 87.3 cm³/mol. The number of hydrogen-bond acceptors (Lipinski definition) is 3. The van der Waals surface area contributed by atoms with E-state index >= 15 is 0 Å². The van der Waals surface area contributed by atoms with E-state index in [1.165, 1.54) is 19.3 Å². The van der Waals surface area contributed by atoms with Gasteiger partial charge in [-0.15, -0.1) is 12.4 Å². The maximum Gasteiger partial charge on any atom is 0.222 e. The molecule has 2 amide bonds. The maximum atomic E-state index is 12.0. The minimum atomic E-state index is -0.0200. The van der Waals surface area contributed by atoms with E-state index in [0.29, 0.717) is 26.1 Å². The minimum absolute atomic E-state index is 0. The molecule has 1 aliphatic carbocycles. The second kappa shape index (κ2) is 10.0. The van der Waals surface area contributed by atoms with Gasteiger partial charge < -0.3 is 16.4 Å². The molecule has 124 valence electrons. The highest BCUT2D eigenvalue weighted by Crippen LogP contribution is 2.38. The van der Waals surface area contributed by atoms with Crippen molar-refractivity contribution in [1.29, 1.82) is 0 Å². The lowest BCUT2D eigenvalue weighted by Crippen LogP contribution is -2.41. The Morgan fingerprint density at radius 2 is 1.67 bits per heavy atom. The summed E-state index contributed by atoms with van der Waals surface area (Å²) in [4.78, 5) is 23.3. The van der Waals surface area contributed by atoms with Gasteiger partial charge in [0.2, 0.25) is 11.8 Å². The first kappa shape index (κ1) is 20.2. The summed E-state index contributed by atoms with van der Waals surface area (Å²) < 4.78 is 0. The smallest absolute Gasteiger partial charge is 0.222 e. The van der Waals surface area contributed by atoms with Crippen molar-refractivity contribution in [3.05, 3.63) is 0 Å². The molecule has 21 heavy (non-hydrogen) atoms. The van der Waals surface area contributed by atoms with Gasteiger partial charge >= 0.3 is 0 Å². The molecule has 4 N–H and O–H groups in total. The molecule has 0 aliphatic heterocycles. The number of nitrogens with two attached hydrogens (primary N) is 1. The molecule has 0 aromatic carbocycles. The summed E-state index contributed by atoms with van der Waals surface area (Å²) in [5.74, 6) is 0.0505. The Morgan fingerprint density at radius 3 is 2.19 bits per heavy atom. The molecule has 0 bridgehead atoms. The molecular weight excluding hydrogens is 290 g/mol. The lowest BCUT2D eigenvalue weighted by atomic mass is 9.71. The average Bonchev–Trinajstić information content (AvgIpc) is 2.44. The van der Waals surface area contributed by atoms with E-state index in [2.05, 4.69) is 10.6 Å². The van der Waals surface area contributed by atoms with Gasteiger partial charge in [-0.3, -0.25) is 9.59 Å². The Hall–Kier alpha value is -0.810. The number of carbonyl (C=O) groups excluding carboxylic acids is 2. The van der Waals surface area contributed by atoms with Gasteiger partial charge in [-0.2, -0.15) is 0 Å². The zero-order valence-corrected chi connectivity index (χ0v) is 14.1. The van der Waals surface area contributed by atoms with Crippen LogP contribution in [0.25, 0.3) is 0 Å². The summed E-state index contributed by atoms with van der Waals surface area (Å²) >= 11 is 0. The average molecular weight is 320 g/mol. The number of hydrogen-bond donors (Lipinski definition) is 3. The molecule has 0 aromatic heterocycles. The summed E-state index contributed by atoms with van der Waals surface area (Å²) in [7, 11) is 0. The SMILES string of the molecule is CC(C)C(=O)NCCNC(=O)CC1(CN)CCCCC1.Cl. The van der Waals surface area contributed by atoms with Crippen molar-refractivity contribution >= 4 is 24.2 Å². The van der Waals surface area contributed by atoms with Crippen molar-refractivity contribution in [1.82, 2.24) is 10.6 Å². The van der Waals surface area contributed by atoms with Crippen molar-refractivity contribution in [3.63, 3.8) is 0 Å². The first-order valence-corrected chi connectivity index (χ1v) is 7.73. The molecule has 0 heterocycles. The summed E-state index contributed by atoms with van der Waals surface area (Å²) in [5.41, 5.74) is 5.88. The van der Waals surface area contributed by atoms with Crippen LogP contribution < -0.4 is 16.4 Å². The van der Waals surface area contributed by atoms with E-state index in [0.717, 1.165) is 12.8 Å². The molecule has 6 heteroatoms. The standard InChI is InChI=1S/C15H29N3O2.ClH/c1-12(2)14(20)18-9-8-17-13(19)10-15(11-16)6-4-3-5-7-15;/h12H,3-11,16H2,1-2H3,(H,17,19)(H,18,20);1H. The zero-order valence-electron chi connectivity index (χ0n) is 13.2. The zero-order chi connectivity index (χ0) is 15.0. The number of halogens is 1. The Bertz CT molecular complexity index is 329. The highest BCUT2D eigenvalue weighted by atomic mass is 35.5. The van der Waals surface area contributed by atoms with Crippen molar-refractivity contribution < 1.29 is 9.59 Å². The summed E-state index contributed by atoms with van der Waals surface area (Å²) in [6, 6.07) is 0. The summed E-state index contributed by atoms with van der Waals surface area (Å²) in [6.07, 6.45) is 6.23. The van der Waals surface area contributed by atoms with Crippen molar-refractivity contribution in [2.24, 2.45) is 17.1 Å². The quantitative estimate of drug-likeness (QED) is 0.623. The van der Waals surface area contributed by atoms with Crippen molar-refractivity contribution in [2.75, 3.05) is 19.6 Å². The highest BCUT2D eigenvalue weighted by molar-refractivity contribution is 5.85. The van der Waals surface area contributed by atoms with Gasteiger partial charge in [-0.1, -0.05) is 33.1 Å². The third-order valence-corrected chi connectivity index (χ3v) is 4.15. The van der Waals surface area contributed by atoms with Gasteiger partial charge in [0, 0.05) is 25.4 Å². The summed E-state index contributed by atoms with van der Waals surface area (Å²) in [5, 5.41) is 5.66. The van der Waals surface area contributed by atoms with Crippen molar-refractivity contribution in [3.8, 4) is 0 Å². The number of rotatable bonds is 7. The second-order valence-electron chi connectivity index (χ2n) is 6.24. The van der Waals surface area contributed by atoms with Crippen LogP contribution in [0.15, 0.2) is 0 Å². The molecular formula is C15H30ClN3O2. The molecule has 1 saturated carbocycles. The molecule has 0 saturated heterocycles. The van der Waals surface area contributed by atoms with Crippen molar-refractivity contribution in [2.45, 2.75) is 52.4 Å².